The largest absolute Gasteiger partial charge is 0.294 e. The zero-order valence-electron chi connectivity index (χ0n) is 13.3. The molecule has 4 heteroatoms. The number of carbonyl (C=O) groups excluding carboxylic acids is 1. The molecule has 1 aliphatic rings. The fourth-order valence-corrected chi connectivity index (χ4v) is 2.65. The van der Waals surface area contributed by atoms with Crippen LogP contribution in [0.4, 0.5) is 0 Å². The molecule has 1 aromatic rings. The van der Waals surface area contributed by atoms with Crippen molar-refractivity contribution in [2.45, 2.75) is 40.0 Å². The zero-order chi connectivity index (χ0) is 15.2. The summed E-state index contributed by atoms with van der Waals surface area (Å²) in [6.07, 6.45) is 5.40. The van der Waals surface area contributed by atoms with E-state index in [0.717, 1.165) is 18.7 Å². The molecule has 4 nitrogen and oxygen atoms in total. The van der Waals surface area contributed by atoms with Gasteiger partial charge in [-0.3, -0.25) is 9.69 Å². The smallest absolute Gasteiger partial charge is 0.254 e. The van der Waals surface area contributed by atoms with Crippen LogP contribution in [0, 0.1) is 20.8 Å². The number of rotatable bonds is 4. The summed E-state index contributed by atoms with van der Waals surface area (Å²) in [6.45, 7) is 8.78. The van der Waals surface area contributed by atoms with Crippen LogP contribution in [-0.4, -0.2) is 36.7 Å². The van der Waals surface area contributed by atoms with Gasteiger partial charge in [0.15, 0.2) is 0 Å². The normalized spacial score (nSPS) is 16.3. The second-order valence-corrected chi connectivity index (χ2v) is 5.85. The highest BCUT2D eigenvalue weighted by molar-refractivity contribution is 5.84. The molecular formula is C17H25N3O. The first-order valence-corrected chi connectivity index (χ1v) is 7.69. The molecule has 0 aliphatic carbocycles. The van der Waals surface area contributed by atoms with Crippen molar-refractivity contribution >= 4 is 12.1 Å². The number of hydrogen-bond acceptors (Lipinski definition) is 3. The van der Waals surface area contributed by atoms with E-state index in [2.05, 4.69) is 42.3 Å². The van der Waals surface area contributed by atoms with Crippen molar-refractivity contribution in [2.24, 2.45) is 5.10 Å². The Kier molecular flexibility index (Phi) is 5.51. The summed E-state index contributed by atoms with van der Waals surface area (Å²) in [5.74, 6) is -0.0327. The number of hydrogen-bond donors (Lipinski definition) is 1. The molecule has 1 N–H and O–H groups in total. The summed E-state index contributed by atoms with van der Waals surface area (Å²) in [7, 11) is 0. The van der Waals surface area contributed by atoms with Crippen molar-refractivity contribution in [1.29, 1.82) is 0 Å². The van der Waals surface area contributed by atoms with Gasteiger partial charge in [-0.05, 0) is 69.0 Å². The first-order valence-electron chi connectivity index (χ1n) is 7.69. The molecule has 0 unspecified atom stereocenters. The maximum absolute atomic E-state index is 11.8. The van der Waals surface area contributed by atoms with Crippen molar-refractivity contribution in [3.05, 3.63) is 34.4 Å². The molecule has 114 valence electrons. The lowest BCUT2D eigenvalue weighted by Gasteiger charge is -2.25. The number of benzene rings is 1. The van der Waals surface area contributed by atoms with Crippen LogP contribution in [0.5, 0.6) is 0 Å². The lowest BCUT2D eigenvalue weighted by molar-refractivity contribution is -0.122. The van der Waals surface area contributed by atoms with Gasteiger partial charge in [0.2, 0.25) is 0 Å². The first kappa shape index (κ1) is 15.7. The minimum Gasteiger partial charge on any atom is -0.294 e. The van der Waals surface area contributed by atoms with E-state index < -0.39 is 0 Å². The van der Waals surface area contributed by atoms with Crippen LogP contribution in [0.15, 0.2) is 17.2 Å². The predicted octanol–water partition coefficient (Wildman–Crippen LogP) is 2.55. The molecule has 1 fully saturated rings. The van der Waals surface area contributed by atoms with Gasteiger partial charge in [-0.1, -0.05) is 18.6 Å². The number of nitrogens with zero attached hydrogens (tertiary/aromatic N) is 2. The third-order valence-electron chi connectivity index (χ3n) is 4.31. The minimum absolute atomic E-state index is 0.0327. The molecule has 1 aromatic carbocycles. The molecule has 0 atom stereocenters. The topological polar surface area (TPSA) is 44.7 Å². The van der Waals surface area contributed by atoms with Crippen molar-refractivity contribution < 1.29 is 4.79 Å². The summed E-state index contributed by atoms with van der Waals surface area (Å²) in [6, 6.07) is 4.12. The molecule has 0 aromatic heterocycles. The van der Waals surface area contributed by atoms with Crippen molar-refractivity contribution in [3.63, 3.8) is 0 Å². The Labute approximate surface area is 127 Å². The van der Waals surface area contributed by atoms with Gasteiger partial charge < -0.3 is 0 Å². The van der Waals surface area contributed by atoms with Crippen LogP contribution in [0.2, 0.25) is 0 Å². The number of carbonyl (C=O) groups is 1. The lowest BCUT2D eigenvalue weighted by Crippen LogP contribution is -2.38. The SMILES string of the molecule is Cc1ccc(/C=N\NC(=O)CN2CCCCC2)c(C)c1C. The van der Waals surface area contributed by atoms with Gasteiger partial charge in [-0.15, -0.1) is 0 Å². The summed E-state index contributed by atoms with van der Waals surface area (Å²) >= 11 is 0. The monoisotopic (exact) mass is 287 g/mol. The average Bonchev–Trinajstić information content (AvgIpc) is 2.48. The second kappa shape index (κ2) is 7.36. The lowest BCUT2D eigenvalue weighted by atomic mass is 10.00. The van der Waals surface area contributed by atoms with E-state index in [4.69, 9.17) is 0 Å². The average molecular weight is 287 g/mol. The zero-order valence-corrected chi connectivity index (χ0v) is 13.3. The predicted molar refractivity (Wildman–Crippen MR) is 86.7 cm³/mol. The standard InChI is InChI=1S/C17H25N3O/c1-13-7-8-16(15(3)14(13)2)11-18-19-17(21)12-20-9-5-4-6-10-20/h7-8,11H,4-6,9-10,12H2,1-3H3,(H,19,21)/b18-11-. The fourth-order valence-electron chi connectivity index (χ4n) is 2.65. The van der Waals surface area contributed by atoms with Gasteiger partial charge in [0.05, 0.1) is 12.8 Å². The third-order valence-corrected chi connectivity index (χ3v) is 4.31. The molecule has 1 heterocycles. The number of amides is 1. The minimum atomic E-state index is -0.0327. The first-order chi connectivity index (χ1) is 10.1. The quantitative estimate of drug-likeness (QED) is 0.683. The molecule has 0 bridgehead atoms. The van der Waals surface area contributed by atoms with Crippen LogP contribution in [-0.2, 0) is 4.79 Å². The maximum Gasteiger partial charge on any atom is 0.254 e. The van der Waals surface area contributed by atoms with Crippen LogP contribution >= 0.6 is 0 Å². The third kappa shape index (κ3) is 4.39. The van der Waals surface area contributed by atoms with E-state index >= 15 is 0 Å². The Morgan fingerprint density at radius 3 is 2.62 bits per heavy atom. The van der Waals surface area contributed by atoms with Crippen LogP contribution in [0.3, 0.4) is 0 Å². The number of piperidine rings is 1. The molecule has 0 spiro atoms. The number of aryl methyl sites for hydroxylation is 1. The number of nitrogens with one attached hydrogen (secondary N) is 1. The molecule has 0 saturated carbocycles. The van der Waals surface area contributed by atoms with E-state index in [-0.39, 0.29) is 5.91 Å². The number of hydrazone groups is 1. The summed E-state index contributed by atoms with van der Waals surface area (Å²) < 4.78 is 0. The highest BCUT2D eigenvalue weighted by atomic mass is 16.2. The van der Waals surface area contributed by atoms with Gasteiger partial charge in [0, 0.05) is 0 Å². The summed E-state index contributed by atoms with van der Waals surface area (Å²) in [5.41, 5.74) is 7.45. The van der Waals surface area contributed by atoms with Crippen LogP contribution in [0.25, 0.3) is 0 Å². The van der Waals surface area contributed by atoms with Crippen molar-refractivity contribution in [1.82, 2.24) is 10.3 Å². The van der Waals surface area contributed by atoms with Gasteiger partial charge in [0.1, 0.15) is 0 Å². The molecular weight excluding hydrogens is 262 g/mol. The van der Waals surface area contributed by atoms with Gasteiger partial charge in [-0.25, -0.2) is 5.43 Å². The van der Waals surface area contributed by atoms with E-state index in [1.807, 2.05) is 6.07 Å². The highest BCUT2D eigenvalue weighted by Crippen LogP contribution is 2.15. The van der Waals surface area contributed by atoms with E-state index in [1.54, 1.807) is 6.21 Å². The van der Waals surface area contributed by atoms with Crippen LogP contribution in [0.1, 0.15) is 41.5 Å². The summed E-state index contributed by atoms with van der Waals surface area (Å²) in [5, 5.41) is 4.09. The van der Waals surface area contributed by atoms with Crippen LogP contribution < -0.4 is 5.43 Å². The van der Waals surface area contributed by atoms with Crippen molar-refractivity contribution in [3.8, 4) is 0 Å². The molecule has 21 heavy (non-hydrogen) atoms. The molecule has 1 aliphatic heterocycles. The van der Waals surface area contributed by atoms with E-state index in [9.17, 15) is 4.79 Å². The number of likely N-dealkylation sites (tertiary alicyclic amines) is 1. The fraction of sp³-hybridized carbons (Fsp3) is 0.529. The molecule has 0 radical (unpaired) electrons. The Bertz CT molecular complexity index is 531. The second-order valence-electron chi connectivity index (χ2n) is 5.85. The Balaban J connectivity index is 1.87. The Hall–Kier alpha value is -1.68. The van der Waals surface area contributed by atoms with E-state index in [0.29, 0.717) is 6.54 Å². The Morgan fingerprint density at radius 1 is 1.19 bits per heavy atom. The molecule has 2 rings (SSSR count). The highest BCUT2D eigenvalue weighted by Gasteiger charge is 2.13. The van der Waals surface area contributed by atoms with Crippen molar-refractivity contribution in [2.75, 3.05) is 19.6 Å². The summed E-state index contributed by atoms with van der Waals surface area (Å²) in [4.78, 5) is 14.0. The molecule has 1 saturated heterocycles. The van der Waals surface area contributed by atoms with Gasteiger partial charge in [0.25, 0.3) is 5.91 Å². The Morgan fingerprint density at radius 2 is 1.90 bits per heavy atom. The molecule has 1 amide bonds. The van der Waals surface area contributed by atoms with Gasteiger partial charge in [-0.2, -0.15) is 5.10 Å². The maximum atomic E-state index is 11.8. The van der Waals surface area contributed by atoms with E-state index in [1.165, 1.54) is 36.0 Å². The van der Waals surface area contributed by atoms with Gasteiger partial charge >= 0.3 is 0 Å².